The Labute approximate surface area is 118 Å². The largest absolute Gasteiger partial charge is 0.340 e. The zero-order valence-electron chi connectivity index (χ0n) is 11.9. The Kier molecular flexibility index (Phi) is 3.61. The van der Waals surface area contributed by atoms with E-state index in [4.69, 9.17) is 0 Å². The van der Waals surface area contributed by atoms with Crippen LogP contribution in [0.1, 0.15) is 18.4 Å². The zero-order chi connectivity index (χ0) is 14.1. The smallest absolute Gasteiger partial charge is 0.250 e. The Hall–Kier alpha value is -1.62. The molecule has 1 aliphatic heterocycles. The molecule has 1 saturated carbocycles. The quantitative estimate of drug-likeness (QED) is 0.804. The van der Waals surface area contributed by atoms with Gasteiger partial charge in [-0.1, -0.05) is 0 Å². The van der Waals surface area contributed by atoms with Crippen molar-refractivity contribution in [2.75, 3.05) is 26.2 Å². The summed E-state index contributed by atoms with van der Waals surface area (Å²) in [6.07, 6.45) is 3.96. The van der Waals surface area contributed by atoms with Crippen LogP contribution in [0.5, 0.6) is 0 Å². The molecule has 1 aromatic rings. The molecule has 1 saturated heterocycles. The molecule has 0 unspecified atom stereocenters. The fourth-order valence-electron chi connectivity index (χ4n) is 2.66. The molecule has 108 valence electrons. The molecule has 2 aliphatic rings. The molecule has 0 atom stereocenters. The first-order valence-electron chi connectivity index (χ1n) is 7.30. The number of amides is 1. The highest BCUT2D eigenvalue weighted by molar-refractivity contribution is 5.81. The second kappa shape index (κ2) is 5.40. The van der Waals surface area contributed by atoms with E-state index in [1.807, 2.05) is 17.2 Å². The van der Waals surface area contributed by atoms with Gasteiger partial charge in [-0.2, -0.15) is 0 Å². The van der Waals surface area contributed by atoms with Crippen molar-refractivity contribution < 1.29 is 4.79 Å². The average molecular weight is 275 g/mol. The van der Waals surface area contributed by atoms with Gasteiger partial charge in [-0.05, 0) is 24.5 Å². The predicted molar refractivity (Wildman–Crippen MR) is 76.3 cm³/mol. The van der Waals surface area contributed by atoms with Gasteiger partial charge in [0, 0.05) is 58.0 Å². The molecule has 5 nitrogen and oxygen atoms in total. The molecule has 0 spiro atoms. The van der Waals surface area contributed by atoms with E-state index in [9.17, 15) is 9.59 Å². The van der Waals surface area contributed by atoms with Crippen LogP contribution in [0.3, 0.4) is 0 Å². The third kappa shape index (κ3) is 2.93. The number of aryl methyl sites for hydroxylation is 1. The molecule has 1 aliphatic carbocycles. The lowest BCUT2D eigenvalue weighted by Gasteiger charge is -2.34. The SMILES string of the molecule is Cn1ccc(CN2CCN(C(=O)C3CC3)CC2)cc1=O. The number of carbonyl (C=O) groups is 1. The molecule has 1 amide bonds. The molecular formula is C15H21N3O2. The lowest BCUT2D eigenvalue weighted by Crippen LogP contribution is -2.48. The van der Waals surface area contributed by atoms with Crippen molar-refractivity contribution in [2.24, 2.45) is 13.0 Å². The van der Waals surface area contributed by atoms with Crippen LogP contribution >= 0.6 is 0 Å². The molecule has 0 N–H and O–H groups in total. The Balaban J connectivity index is 1.54. The topological polar surface area (TPSA) is 45.5 Å². The number of carbonyl (C=O) groups excluding carboxylic acids is 1. The number of nitrogens with zero attached hydrogens (tertiary/aromatic N) is 3. The molecule has 1 aromatic heterocycles. The van der Waals surface area contributed by atoms with Crippen molar-refractivity contribution in [1.29, 1.82) is 0 Å². The minimum Gasteiger partial charge on any atom is -0.340 e. The Morgan fingerprint density at radius 3 is 2.55 bits per heavy atom. The summed E-state index contributed by atoms with van der Waals surface area (Å²) < 4.78 is 1.58. The number of pyridine rings is 1. The first-order chi connectivity index (χ1) is 9.63. The van der Waals surface area contributed by atoms with E-state index in [-0.39, 0.29) is 5.56 Å². The third-order valence-corrected chi connectivity index (χ3v) is 4.19. The van der Waals surface area contributed by atoms with Crippen molar-refractivity contribution in [3.05, 3.63) is 34.2 Å². The third-order valence-electron chi connectivity index (χ3n) is 4.19. The van der Waals surface area contributed by atoms with Gasteiger partial charge in [-0.3, -0.25) is 14.5 Å². The number of hydrogen-bond acceptors (Lipinski definition) is 3. The summed E-state index contributed by atoms with van der Waals surface area (Å²) >= 11 is 0. The van der Waals surface area contributed by atoms with Crippen molar-refractivity contribution in [3.8, 4) is 0 Å². The van der Waals surface area contributed by atoms with Gasteiger partial charge in [0.1, 0.15) is 0 Å². The molecule has 2 fully saturated rings. The number of piperazine rings is 1. The summed E-state index contributed by atoms with van der Waals surface area (Å²) in [5.74, 6) is 0.664. The Morgan fingerprint density at radius 2 is 1.95 bits per heavy atom. The number of rotatable bonds is 3. The van der Waals surface area contributed by atoms with Crippen LogP contribution in [-0.4, -0.2) is 46.5 Å². The monoisotopic (exact) mass is 275 g/mol. The minimum absolute atomic E-state index is 0.0325. The van der Waals surface area contributed by atoms with Crippen LogP contribution in [0.2, 0.25) is 0 Å². The van der Waals surface area contributed by atoms with E-state index in [1.165, 1.54) is 0 Å². The lowest BCUT2D eigenvalue weighted by molar-refractivity contribution is -0.134. The normalized spacial score (nSPS) is 20.1. The Morgan fingerprint density at radius 1 is 1.25 bits per heavy atom. The molecule has 5 heteroatoms. The first-order valence-corrected chi connectivity index (χ1v) is 7.30. The molecular weight excluding hydrogens is 254 g/mol. The van der Waals surface area contributed by atoms with Gasteiger partial charge in [0.25, 0.3) is 5.56 Å². The summed E-state index contributed by atoms with van der Waals surface area (Å²) in [7, 11) is 1.76. The lowest BCUT2D eigenvalue weighted by atomic mass is 10.2. The van der Waals surface area contributed by atoms with E-state index in [0.29, 0.717) is 11.8 Å². The molecule has 0 aromatic carbocycles. The van der Waals surface area contributed by atoms with Crippen LogP contribution in [0.25, 0.3) is 0 Å². The second-order valence-corrected chi connectivity index (χ2v) is 5.86. The Bertz CT molecular complexity index is 554. The van der Waals surface area contributed by atoms with Crippen molar-refractivity contribution >= 4 is 5.91 Å². The van der Waals surface area contributed by atoms with Gasteiger partial charge < -0.3 is 9.47 Å². The van der Waals surface area contributed by atoms with Crippen LogP contribution in [0.4, 0.5) is 0 Å². The van der Waals surface area contributed by atoms with Gasteiger partial charge in [0.15, 0.2) is 0 Å². The van der Waals surface area contributed by atoms with Gasteiger partial charge in [0.05, 0.1) is 0 Å². The molecule has 20 heavy (non-hydrogen) atoms. The van der Waals surface area contributed by atoms with E-state index in [2.05, 4.69) is 4.90 Å². The molecule has 2 heterocycles. The number of hydrogen-bond donors (Lipinski definition) is 0. The first kappa shape index (κ1) is 13.4. The summed E-state index contributed by atoms with van der Waals surface area (Å²) in [6, 6.07) is 3.69. The van der Waals surface area contributed by atoms with Gasteiger partial charge in [-0.15, -0.1) is 0 Å². The minimum atomic E-state index is 0.0325. The van der Waals surface area contributed by atoms with E-state index >= 15 is 0 Å². The maximum atomic E-state index is 12.0. The van der Waals surface area contributed by atoms with E-state index < -0.39 is 0 Å². The summed E-state index contributed by atoms with van der Waals surface area (Å²) in [5, 5.41) is 0. The van der Waals surface area contributed by atoms with Crippen LogP contribution in [-0.2, 0) is 18.4 Å². The van der Waals surface area contributed by atoms with Crippen molar-refractivity contribution in [3.63, 3.8) is 0 Å². The van der Waals surface area contributed by atoms with Gasteiger partial charge in [-0.25, -0.2) is 0 Å². The standard InChI is InChI=1S/C15H21N3O2/c1-16-5-4-12(10-14(16)19)11-17-6-8-18(9-7-17)15(20)13-2-3-13/h4-5,10,13H,2-3,6-9,11H2,1H3. The van der Waals surface area contributed by atoms with Crippen LogP contribution < -0.4 is 5.56 Å². The number of aromatic nitrogens is 1. The molecule has 0 bridgehead atoms. The van der Waals surface area contributed by atoms with Crippen molar-refractivity contribution in [2.45, 2.75) is 19.4 Å². The molecule has 0 radical (unpaired) electrons. The van der Waals surface area contributed by atoms with E-state index in [0.717, 1.165) is 51.1 Å². The highest BCUT2D eigenvalue weighted by atomic mass is 16.2. The summed E-state index contributed by atoms with van der Waals surface area (Å²) in [5.41, 5.74) is 1.08. The second-order valence-electron chi connectivity index (χ2n) is 5.86. The van der Waals surface area contributed by atoms with Gasteiger partial charge >= 0.3 is 0 Å². The summed E-state index contributed by atoms with van der Waals surface area (Å²) in [6.45, 7) is 4.23. The maximum Gasteiger partial charge on any atom is 0.250 e. The van der Waals surface area contributed by atoms with E-state index in [1.54, 1.807) is 17.7 Å². The van der Waals surface area contributed by atoms with Crippen LogP contribution in [0, 0.1) is 5.92 Å². The highest BCUT2D eigenvalue weighted by Crippen LogP contribution is 2.31. The summed E-state index contributed by atoms with van der Waals surface area (Å²) in [4.78, 5) is 27.9. The maximum absolute atomic E-state index is 12.0. The van der Waals surface area contributed by atoms with Crippen molar-refractivity contribution in [1.82, 2.24) is 14.4 Å². The zero-order valence-corrected chi connectivity index (χ0v) is 11.9. The predicted octanol–water partition coefficient (Wildman–Crippen LogP) is 0.439. The molecule has 3 rings (SSSR count). The van der Waals surface area contributed by atoms with Crippen LogP contribution in [0.15, 0.2) is 23.1 Å². The fraction of sp³-hybridized carbons (Fsp3) is 0.600. The average Bonchev–Trinajstić information content (AvgIpc) is 3.28. The highest BCUT2D eigenvalue weighted by Gasteiger charge is 2.34. The van der Waals surface area contributed by atoms with Gasteiger partial charge in [0.2, 0.25) is 5.91 Å². The fourth-order valence-corrected chi connectivity index (χ4v) is 2.66.